The van der Waals surface area contributed by atoms with Gasteiger partial charge in [0.05, 0.1) is 0 Å². The van der Waals surface area contributed by atoms with Gasteiger partial charge in [-0.25, -0.2) is 0 Å². The minimum atomic E-state index is 0.0258. The average molecular weight is 445 g/mol. The fraction of sp³-hybridized carbons (Fsp3) is 0.238. The molecule has 0 spiro atoms. The van der Waals surface area contributed by atoms with Crippen molar-refractivity contribution in [2.75, 3.05) is 28.4 Å². The molecule has 0 unspecified atom stereocenters. The molecule has 7 heteroatoms. The summed E-state index contributed by atoms with van der Waals surface area (Å²) < 4.78 is 17.2. The Morgan fingerprint density at radius 2 is 1.57 bits per heavy atom. The molecule has 0 saturated carbocycles. The summed E-state index contributed by atoms with van der Waals surface area (Å²) in [6.07, 6.45) is 0. The normalized spacial score (nSPS) is 11.2. The Morgan fingerprint density at radius 3 is 2.11 bits per heavy atom. The number of nitrogens with zero attached hydrogens (tertiary/aromatic N) is 2. The van der Waals surface area contributed by atoms with Gasteiger partial charge in [-0.3, -0.25) is 0 Å². The summed E-state index contributed by atoms with van der Waals surface area (Å²) in [6, 6.07) is 12.0. The number of ether oxygens (including phenoxy) is 3. The standard InChI is InChI=1S/C21H22N2O4Se/c1-13-6-8-14(9-7-13)16-12-28-21(22-16)19(23-27-5)15-10-17(24-2)20(26-4)18(11-15)25-3/h6-12H,1-5H3. The molecule has 0 saturated heterocycles. The van der Waals surface area contributed by atoms with Crippen LogP contribution in [0.1, 0.15) is 15.7 Å². The monoisotopic (exact) mass is 446 g/mol. The Balaban J connectivity index is 2.06. The zero-order valence-electron chi connectivity index (χ0n) is 16.5. The third kappa shape index (κ3) is 4.06. The molecule has 0 aliphatic rings. The van der Waals surface area contributed by atoms with Crippen LogP contribution in [0.15, 0.2) is 46.5 Å². The Morgan fingerprint density at radius 1 is 0.929 bits per heavy atom. The molecule has 0 atom stereocenters. The van der Waals surface area contributed by atoms with Crippen LogP contribution < -0.4 is 14.2 Å². The quantitative estimate of drug-likeness (QED) is 0.316. The van der Waals surface area contributed by atoms with Crippen molar-refractivity contribution in [3.8, 4) is 28.5 Å². The second-order valence-electron chi connectivity index (χ2n) is 5.94. The Kier molecular flexibility index (Phi) is 6.39. The topological polar surface area (TPSA) is 62.2 Å². The van der Waals surface area contributed by atoms with Gasteiger partial charge >= 0.3 is 170 Å². The number of hydrogen-bond donors (Lipinski definition) is 0. The molecule has 0 amide bonds. The van der Waals surface area contributed by atoms with E-state index in [1.165, 1.54) is 12.7 Å². The molecular weight excluding hydrogens is 423 g/mol. The van der Waals surface area contributed by atoms with Gasteiger partial charge in [0, 0.05) is 0 Å². The summed E-state index contributed by atoms with van der Waals surface area (Å²) in [5.74, 6) is 1.64. The van der Waals surface area contributed by atoms with Crippen molar-refractivity contribution >= 4 is 20.2 Å². The second kappa shape index (κ2) is 8.95. The van der Waals surface area contributed by atoms with E-state index in [1.807, 2.05) is 12.1 Å². The summed E-state index contributed by atoms with van der Waals surface area (Å²) in [4.78, 5) is 12.1. The first kappa shape index (κ1) is 20.0. The van der Waals surface area contributed by atoms with Crippen molar-refractivity contribution in [3.05, 3.63) is 57.0 Å². The summed E-state index contributed by atoms with van der Waals surface area (Å²) in [5, 5.41) is 4.24. The maximum atomic E-state index is 5.46. The van der Waals surface area contributed by atoms with E-state index in [0.717, 1.165) is 21.4 Å². The zero-order chi connectivity index (χ0) is 20.1. The molecule has 0 radical (unpaired) electrons. The van der Waals surface area contributed by atoms with Crippen LogP contribution in [-0.2, 0) is 4.84 Å². The van der Waals surface area contributed by atoms with Crippen LogP contribution in [0.2, 0.25) is 0 Å². The van der Waals surface area contributed by atoms with E-state index in [4.69, 9.17) is 24.0 Å². The number of aromatic nitrogens is 1. The molecule has 3 aromatic rings. The number of benzene rings is 2. The van der Waals surface area contributed by atoms with Crippen molar-refractivity contribution in [2.24, 2.45) is 5.16 Å². The van der Waals surface area contributed by atoms with E-state index in [9.17, 15) is 0 Å². The van der Waals surface area contributed by atoms with Crippen LogP contribution in [-0.4, -0.2) is 53.6 Å². The minimum absolute atomic E-state index is 0.0258. The fourth-order valence-corrected chi connectivity index (χ4v) is 4.50. The SMILES string of the molecule is CON=C(c1cc(OC)c(OC)c(OC)c1)c1nc(-c2ccc(C)cc2)c[se]1. The molecule has 2 aromatic carbocycles. The molecule has 1 heterocycles. The van der Waals surface area contributed by atoms with Crippen LogP contribution in [0.4, 0.5) is 0 Å². The number of oxime groups is 1. The van der Waals surface area contributed by atoms with Crippen LogP contribution in [0, 0.1) is 6.92 Å². The van der Waals surface area contributed by atoms with E-state index in [0.29, 0.717) is 23.0 Å². The molecule has 0 aliphatic heterocycles. The summed E-state index contributed by atoms with van der Waals surface area (Å²) in [7, 11) is 6.27. The van der Waals surface area contributed by atoms with Gasteiger partial charge in [0.15, 0.2) is 0 Å². The van der Waals surface area contributed by atoms with Crippen LogP contribution >= 0.6 is 0 Å². The Labute approximate surface area is 170 Å². The molecule has 0 fully saturated rings. The van der Waals surface area contributed by atoms with Crippen molar-refractivity contribution < 1.29 is 19.0 Å². The first-order chi connectivity index (χ1) is 13.6. The van der Waals surface area contributed by atoms with Gasteiger partial charge in [-0.2, -0.15) is 0 Å². The molecule has 0 aliphatic carbocycles. The van der Waals surface area contributed by atoms with Gasteiger partial charge in [-0.1, -0.05) is 0 Å². The first-order valence-electron chi connectivity index (χ1n) is 8.55. The van der Waals surface area contributed by atoms with E-state index < -0.39 is 0 Å². The summed E-state index contributed by atoms with van der Waals surface area (Å²) in [5.41, 5.74) is 4.70. The van der Waals surface area contributed by atoms with Gasteiger partial charge in [0.1, 0.15) is 0 Å². The molecule has 0 N–H and O–H groups in total. The molecule has 1 aromatic heterocycles. The molecular formula is C21H22N2O4Se. The number of hydrogen-bond acceptors (Lipinski definition) is 6. The Hall–Kier alpha value is -2.76. The molecule has 0 bridgehead atoms. The van der Waals surface area contributed by atoms with Gasteiger partial charge in [-0.05, 0) is 0 Å². The third-order valence-corrected chi connectivity index (χ3v) is 5.96. The van der Waals surface area contributed by atoms with Crippen molar-refractivity contribution in [3.63, 3.8) is 0 Å². The Bertz CT molecular complexity index is 955. The number of aryl methyl sites for hydroxylation is 1. The molecule has 146 valence electrons. The predicted octanol–water partition coefficient (Wildman–Crippen LogP) is 3.54. The zero-order valence-corrected chi connectivity index (χ0v) is 18.2. The van der Waals surface area contributed by atoms with E-state index in [-0.39, 0.29) is 14.5 Å². The van der Waals surface area contributed by atoms with Crippen LogP contribution in [0.25, 0.3) is 11.3 Å². The molecule has 28 heavy (non-hydrogen) atoms. The maximum absolute atomic E-state index is 5.46. The van der Waals surface area contributed by atoms with Gasteiger partial charge in [-0.15, -0.1) is 0 Å². The van der Waals surface area contributed by atoms with Gasteiger partial charge in [0.25, 0.3) is 0 Å². The summed E-state index contributed by atoms with van der Waals surface area (Å²) >= 11 is 0.0258. The van der Waals surface area contributed by atoms with Gasteiger partial charge in [0.2, 0.25) is 0 Å². The van der Waals surface area contributed by atoms with E-state index in [1.54, 1.807) is 21.3 Å². The van der Waals surface area contributed by atoms with Gasteiger partial charge < -0.3 is 0 Å². The molecule has 3 rings (SSSR count). The predicted molar refractivity (Wildman–Crippen MR) is 110 cm³/mol. The van der Waals surface area contributed by atoms with Crippen molar-refractivity contribution in [1.82, 2.24) is 4.98 Å². The molecule has 6 nitrogen and oxygen atoms in total. The first-order valence-corrected chi connectivity index (χ1v) is 10.4. The van der Waals surface area contributed by atoms with Crippen LogP contribution in [0.3, 0.4) is 0 Å². The van der Waals surface area contributed by atoms with E-state index in [2.05, 4.69) is 41.3 Å². The number of methoxy groups -OCH3 is 3. The average Bonchev–Trinajstić information content (AvgIpc) is 3.21. The van der Waals surface area contributed by atoms with E-state index >= 15 is 0 Å². The second-order valence-corrected chi connectivity index (χ2v) is 7.74. The number of rotatable bonds is 7. The third-order valence-electron chi connectivity index (χ3n) is 4.17. The van der Waals surface area contributed by atoms with Crippen LogP contribution in [0.5, 0.6) is 17.2 Å². The van der Waals surface area contributed by atoms with Crippen molar-refractivity contribution in [2.45, 2.75) is 6.92 Å². The fourth-order valence-electron chi connectivity index (χ4n) is 2.76. The summed E-state index contributed by atoms with van der Waals surface area (Å²) in [6.45, 7) is 2.07. The van der Waals surface area contributed by atoms with Crippen molar-refractivity contribution in [1.29, 1.82) is 0 Å².